The van der Waals surface area contributed by atoms with E-state index in [9.17, 15) is 0 Å². The van der Waals surface area contributed by atoms with E-state index in [1.807, 2.05) is 0 Å². The molecule has 88 valence electrons. The van der Waals surface area contributed by atoms with Crippen molar-refractivity contribution in [2.45, 2.75) is 56.4 Å². The molecule has 2 rings (SSSR count). The zero-order valence-corrected chi connectivity index (χ0v) is 10.7. The number of rotatable bonds is 3. The van der Waals surface area contributed by atoms with Crippen LogP contribution in [0, 0.1) is 0 Å². The second kappa shape index (κ2) is 5.07. The average Bonchev–Trinajstić information content (AvgIpc) is 2.65. The number of thioether (sulfide) groups is 1. The lowest BCUT2D eigenvalue weighted by atomic mass is 10.0. The Morgan fingerprint density at radius 3 is 3.00 bits per heavy atom. The lowest BCUT2D eigenvalue weighted by Crippen LogP contribution is -2.46. The molecule has 0 radical (unpaired) electrons. The van der Waals surface area contributed by atoms with Gasteiger partial charge in [-0.05, 0) is 38.4 Å². The van der Waals surface area contributed by atoms with Crippen molar-refractivity contribution in [3.05, 3.63) is 0 Å². The van der Waals surface area contributed by atoms with E-state index >= 15 is 0 Å². The zero-order chi connectivity index (χ0) is 10.7. The molecule has 0 saturated carbocycles. The zero-order valence-electron chi connectivity index (χ0n) is 9.92. The first kappa shape index (κ1) is 11.7. The lowest BCUT2D eigenvalue weighted by Gasteiger charge is -2.33. The molecule has 2 nitrogen and oxygen atoms in total. The van der Waals surface area contributed by atoms with E-state index in [1.165, 1.54) is 31.4 Å². The summed E-state index contributed by atoms with van der Waals surface area (Å²) in [5.41, 5.74) is 0.113. The third kappa shape index (κ3) is 3.11. The summed E-state index contributed by atoms with van der Waals surface area (Å²) < 4.78 is 5.80. The molecule has 0 amide bonds. The van der Waals surface area contributed by atoms with Crippen LogP contribution in [0.2, 0.25) is 0 Å². The van der Waals surface area contributed by atoms with Crippen LogP contribution in [0.3, 0.4) is 0 Å². The molecule has 15 heavy (non-hydrogen) atoms. The van der Waals surface area contributed by atoms with Crippen molar-refractivity contribution in [2.75, 3.05) is 18.9 Å². The van der Waals surface area contributed by atoms with Crippen molar-refractivity contribution in [3.8, 4) is 0 Å². The average molecular weight is 229 g/mol. The molecular formula is C12H23NOS. The van der Waals surface area contributed by atoms with E-state index in [4.69, 9.17) is 4.74 Å². The second-order valence-corrected chi connectivity index (χ2v) is 6.59. The van der Waals surface area contributed by atoms with Crippen molar-refractivity contribution < 1.29 is 4.74 Å². The molecule has 0 aromatic heterocycles. The smallest absolute Gasteiger partial charge is 0.0779 e. The van der Waals surface area contributed by atoms with Gasteiger partial charge in [0.2, 0.25) is 0 Å². The summed E-state index contributed by atoms with van der Waals surface area (Å²) in [5.74, 6) is 1.34. The minimum absolute atomic E-state index is 0.113. The van der Waals surface area contributed by atoms with E-state index in [1.54, 1.807) is 0 Å². The van der Waals surface area contributed by atoms with Gasteiger partial charge in [-0.25, -0.2) is 0 Å². The Morgan fingerprint density at radius 1 is 1.47 bits per heavy atom. The van der Waals surface area contributed by atoms with Crippen molar-refractivity contribution >= 4 is 11.8 Å². The fourth-order valence-corrected chi connectivity index (χ4v) is 3.68. The van der Waals surface area contributed by atoms with Gasteiger partial charge in [0.25, 0.3) is 0 Å². The summed E-state index contributed by atoms with van der Waals surface area (Å²) in [6.07, 6.45) is 5.15. The van der Waals surface area contributed by atoms with Crippen molar-refractivity contribution in [2.24, 2.45) is 0 Å². The summed E-state index contributed by atoms with van der Waals surface area (Å²) in [6.45, 7) is 6.57. The maximum atomic E-state index is 5.80. The summed E-state index contributed by atoms with van der Waals surface area (Å²) in [7, 11) is 0. The van der Waals surface area contributed by atoms with E-state index in [0.29, 0.717) is 6.04 Å². The molecule has 0 aromatic rings. The standard InChI is InChI=1S/C12H23NOS/c1-10-11(5-3-8-15-10)13-9-12(2)6-4-7-14-12/h10-11,13H,3-9H2,1-2H3. The quantitative estimate of drug-likeness (QED) is 0.803. The van der Waals surface area contributed by atoms with Crippen molar-refractivity contribution in [1.82, 2.24) is 5.32 Å². The number of nitrogens with one attached hydrogen (secondary N) is 1. The van der Waals surface area contributed by atoms with E-state index in [2.05, 4.69) is 30.9 Å². The third-order valence-electron chi connectivity index (χ3n) is 3.65. The Labute approximate surface area is 97.5 Å². The number of hydrogen-bond acceptors (Lipinski definition) is 3. The predicted octanol–water partition coefficient (Wildman–Crippen LogP) is 2.43. The minimum atomic E-state index is 0.113. The van der Waals surface area contributed by atoms with Crippen molar-refractivity contribution in [3.63, 3.8) is 0 Å². The van der Waals surface area contributed by atoms with Crippen LogP contribution in [-0.4, -0.2) is 35.8 Å². The second-order valence-electron chi connectivity index (χ2n) is 5.11. The summed E-state index contributed by atoms with van der Waals surface area (Å²) in [6, 6.07) is 0.699. The van der Waals surface area contributed by atoms with Crippen LogP contribution in [0.4, 0.5) is 0 Å². The molecule has 2 aliphatic rings. The Balaban J connectivity index is 1.76. The number of ether oxygens (including phenoxy) is 1. The van der Waals surface area contributed by atoms with Crippen LogP contribution in [0.15, 0.2) is 0 Å². The van der Waals surface area contributed by atoms with Gasteiger partial charge in [-0.1, -0.05) is 6.92 Å². The first-order valence-electron chi connectivity index (χ1n) is 6.19. The highest BCUT2D eigenvalue weighted by Crippen LogP contribution is 2.27. The van der Waals surface area contributed by atoms with Crippen LogP contribution in [0.25, 0.3) is 0 Å². The molecule has 2 saturated heterocycles. The molecule has 0 aliphatic carbocycles. The molecule has 2 heterocycles. The monoisotopic (exact) mass is 229 g/mol. The Kier molecular flexibility index (Phi) is 3.97. The van der Waals surface area contributed by atoms with Gasteiger partial charge in [-0.2, -0.15) is 11.8 Å². The Bertz CT molecular complexity index is 204. The highest BCUT2D eigenvalue weighted by Gasteiger charge is 2.31. The highest BCUT2D eigenvalue weighted by atomic mass is 32.2. The molecule has 3 atom stereocenters. The molecule has 0 spiro atoms. The summed E-state index contributed by atoms with van der Waals surface area (Å²) in [5, 5.41) is 4.48. The Hall–Kier alpha value is 0.270. The normalized spacial score (nSPS) is 42.0. The van der Waals surface area contributed by atoms with E-state index < -0.39 is 0 Å². The third-order valence-corrected chi connectivity index (χ3v) is 5.02. The maximum absolute atomic E-state index is 5.80. The first-order chi connectivity index (χ1) is 7.20. The molecule has 2 aliphatic heterocycles. The topological polar surface area (TPSA) is 21.3 Å². The van der Waals surface area contributed by atoms with E-state index in [0.717, 1.165) is 18.4 Å². The SMILES string of the molecule is CC1SCCCC1NCC1(C)CCCO1. The molecule has 2 fully saturated rings. The van der Waals surface area contributed by atoms with Gasteiger partial charge in [-0.3, -0.25) is 0 Å². The maximum Gasteiger partial charge on any atom is 0.0779 e. The van der Waals surface area contributed by atoms with Crippen LogP contribution in [0.5, 0.6) is 0 Å². The van der Waals surface area contributed by atoms with E-state index in [-0.39, 0.29) is 5.60 Å². The Morgan fingerprint density at radius 2 is 2.33 bits per heavy atom. The largest absolute Gasteiger partial charge is 0.374 e. The van der Waals surface area contributed by atoms with Gasteiger partial charge in [0.05, 0.1) is 5.60 Å². The molecule has 3 unspecified atom stereocenters. The summed E-state index contributed by atoms with van der Waals surface area (Å²) in [4.78, 5) is 0. The van der Waals surface area contributed by atoms with Crippen LogP contribution >= 0.6 is 11.8 Å². The van der Waals surface area contributed by atoms with Crippen LogP contribution in [-0.2, 0) is 4.74 Å². The highest BCUT2D eigenvalue weighted by molar-refractivity contribution is 7.99. The molecular weight excluding hydrogens is 206 g/mol. The molecule has 0 bridgehead atoms. The molecule has 3 heteroatoms. The minimum Gasteiger partial charge on any atom is -0.374 e. The van der Waals surface area contributed by atoms with Gasteiger partial charge in [0, 0.05) is 24.4 Å². The molecule has 0 aromatic carbocycles. The van der Waals surface area contributed by atoms with Crippen LogP contribution < -0.4 is 5.32 Å². The lowest BCUT2D eigenvalue weighted by molar-refractivity contribution is 0.0185. The number of hydrogen-bond donors (Lipinski definition) is 1. The van der Waals surface area contributed by atoms with Crippen molar-refractivity contribution in [1.29, 1.82) is 0 Å². The van der Waals surface area contributed by atoms with Gasteiger partial charge in [-0.15, -0.1) is 0 Å². The fourth-order valence-electron chi connectivity index (χ4n) is 2.51. The van der Waals surface area contributed by atoms with Crippen LogP contribution in [0.1, 0.15) is 39.5 Å². The first-order valence-corrected chi connectivity index (χ1v) is 7.23. The van der Waals surface area contributed by atoms with Gasteiger partial charge < -0.3 is 10.1 Å². The van der Waals surface area contributed by atoms with Gasteiger partial charge in [0.15, 0.2) is 0 Å². The molecule has 1 N–H and O–H groups in total. The summed E-state index contributed by atoms with van der Waals surface area (Å²) >= 11 is 2.10. The predicted molar refractivity (Wildman–Crippen MR) is 66.5 cm³/mol. The van der Waals surface area contributed by atoms with Gasteiger partial charge >= 0.3 is 0 Å². The van der Waals surface area contributed by atoms with Gasteiger partial charge in [0.1, 0.15) is 0 Å². The fraction of sp³-hybridized carbons (Fsp3) is 1.00.